The fraction of sp³-hybridized carbons (Fsp3) is 0.350. The molecule has 0 unspecified atom stereocenters. The number of benzene rings is 2. The fourth-order valence-electron chi connectivity index (χ4n) is 3.18. The number of amides is 1. The third kappa shape index (κ3) is 4.47. The Morgan fingerprint density at radius 2 is 1.76 bits per heavy atom. The summed E-state index contributed by atoms with van der Waals surface area (Å²) >= 11 is 12.2. The number of piperazine rings is 1. The van der Waals surface area contributed by atoms with Gasteiger partial charge in [0, 0.05) is 38.3 Å². The average Bonchev–Trinajstić information content (AvgIpc) is 2.63. The third-order valence-electron chi connectivity index (χ3n) is 4.64. The molecule has 0 spiro atoms. The second kappa shape index (κ2) is 8.11. The minimum absolute atomic E-state index is 0.180. The standard InChI is InChI=1S/C20H22Cl2N2O/c1-15-4-2-6-17(14-15)23-10-12-24(13-11-23)19(25)9-8-16-5-3-7-18(21)20(16)22/h2-7,14H,8-13H2,1H3. The number of hydrogen-bond donors (Lipinski definition) is 0. The highest BCUT2D eigenvalue weighted by Gasteiger charge is 2.21. The highest BCUT2D eigenvalue weighted by Crippen LogP contribution is 2.26. The van der Waals surface area contributed by atoms with Crippen molar-refractivity contribution in [2.75, 3.05) is 31.1 Å². The zero-order chi connectivity index (χ0) is 17.8. The van der Waals surface area contributed by atoms with Gasteiger partial charge in [0.2, 0.25) is 5.91 Å². The lowest BCUT2D eigenvalue weighted by Gasteiger charge is -2.36. The molecular formula is C20H22Cl2N2O. The second-order valence-corrected chi connectivity index (χ2v) is 7.20. The van der Waals surface area contributed by atoms with Crippen molar-refractivity contribution in [3.63, 3.8) is 0 Å². The van der Waals surface area contributed by atoms with E-state index in [0.717, 1.165) is 31.7 Å². The molecule has 25 heavy (non-hydrogen) atoms. The van der Waals surface area contributed by atoms with Crippen LogP contribution in [0, 0.1) is 6.92 Å². The van der Waals surface area contributed by atoms with E-state index in [1.807, 2.05) is 17.0 Å². The van der Waals surface area contributed by atoms with Crippen molar-refractivity contribution < 1.29 is 4.79 Å². The van der Waals surface area contributed by atoms with Gasteiger partial charge in [0.1, 0.15) is 0 Å². The Kier molecular flexibility index (Phi) is 5.87. The highest BCUT2D eigenvalue weighted by atomic mass is 35.5. The first-order valence-corrected chi connectivity index (χ1v) is 9.32. The van der Waals surface area contributed by atoms with Crippen molar-refractivity contribution in [2.45, 2.75) is 19.8 Å². The summed E-state index contributed by atoms with van der Waals surface area (Å²) in [6, 6.07) is 14.1. The number of hydrogen-bond acceptors (Lipinski definition) is 2. The van der Waals surface area contributed by atoms with E-state index in [2.05, 4.69) is 36.1 Å². The Labute approximate surface area is 159 Å². The van der Waals surface area contributed by atoms with Crippen LogP contribution >= 0.6 is 23.2 Å². The minimum atomic E-state index is 0.180. The van der Waals surface area contributed by atoms with Gasteiger partial charge in [-0.2, -0.15) is 0 Å². The van der Waals surface area contributed by atoms with Crippen LogP contribution in [0.15, 0.2) is 42.5 Å². The first-order valence-electron chi connectivity index (χ1n) is 8.57. The monoisotopic (exact) mass is 376 g/mol. The topological polar surface area (TPSA) is 23.6 Å². The smallest absolute Gasteiger partial charge is 0.223 e. The fourth-order valence-corrected chi connectivity index (χ4v) is 3.59. The summed E-state index contributed by atoms with van der Waals surface area (Å²) in [5.74, 6) is 0.180. The van der Waals surface area contributed by atoms with Crippen LogP contribution in [0.3, 0.4) is 0 Å². The van der Waals surface area contributed by atoms with Crippen LogP contribution < -0.4 is 4.90 Å². The largest absolute Gasteiger partial charge is 0.368 e. The average molecular weight is 377 g/mol. The summed E-state index contributed by atoms with van der Waals surface area (Å²) < 4.78 is 0. The molecule has 0 atom stereocenters. The maximum absolute atomic E-state index is 12.5. The Bertz CT molecular complexity index is 755. The number of anilines is 1. The lowest BCUT2D eigenvalue weighted by molar-refractivity contribution is -0.131. The Balaban J connectivity index is 1.52. The molecule has 1 amide bonds. The van der Waals surface area contributed by atoms with Gasteiger partial charge in [-0.1, -0.05) is 47.5 Å². The Morgan fingerprint density at radius 3 is 2.48 bits per heavy atom. The molecule has 5 heteroatoms. The summed E-state index contributed by atoms with van der Waals surface area (Å²) in [7, 11) is 0. The van der Waals surface area contributed by atoms with Gasteiger partial charge in [0.25, 0.3) is 0 Å². The van der Waals surface area contributed by atoms with Gasteiger partial charge in [-0.25, -0.2) is 0 Å². The molecule has 0 aliphatic carbocycles. The SMILES string of the molecule is Cc1cccc(N2CCN(C(=O)CCc3cccc(Cl)c3Cl)CC2)c1. The molecule has 3 nitrogen and oxygen atoms in total. The van der Waals surface area contributed by atoms with Crippen molar-refractivity contribution in [1.29, 1.82) is 0 Å². The molecule has 0 aromatic heterocycles. The maximum atomic E-state index is 12.5. The Hall–Kier alpha value is -1.71. The summed E-state index contributed by atoms with van der Waals surface area (Å²) in [6.07, 6.45) is 1.08. The van der Waals surface area contributed by atoms with Crippen molar-refractivity contribution in [1.82, 2.24) is 4.90 Å². The third-order valence-corrected chi connectivity index (χ3v) is 5.50. The first-order chi connectivity index (χ1) is 12.0. The molecule has 1 aliphatic heterocycles. The van der Waals surface area contributed by atoms with Gasteiger partial charge in [0.15, 0.2) is 0 Å². The van der Waals surface area contributed by atoms with Gasteiger partial charge < -0.3 is 9.80 Å². The summed E-state index contributed by atoms with van der Waals surface area (Å²) in [5, 5.41) is 1.10. The number of rotatable bonds is 4. The lowest BCUT2D eigenvalue weighted by Crippen LogP contribution is -2.48. The van der Waals surface area contributed by atoms with Gasteiger partial charge >= 0.3 is 0 Å². The highest BCUT2D eigenvalue weighted by molar-refractivity contribution is 6.42. The van der Waals surface area contributed by atoms with Crippen LogP contribution in [-0.2, 0) is 11.2 Å². The minimum Gasteiger partial charge on any atom is -0.368 e. The molecule has 2 aromatic rings. The predicted octanol–water partition coefficient (Wildman–Crippen LogP) is 4.58. The number of nitrogens with zero attached hydrogens (tertiary/aromatic N) is 2. The molecule has 0 saturated carbocycles. The number of halogens is 2. The van der Waals surface area contributed by atoms with E-state index in [4.69, 9.17) is 23.2 Å². The van der Waals surface area contributed by atoms with E-state index in [9.17, 15) is 4.79 Å². The molecule has 1 saturated heterocycles. The summed E-state index contributed by atoms with van der Waals surface area (Å²) in [5.41, 5.74) is 3.42. The molecule has 2 aromatic carbocycles. The first kappa shape index (κ1) is 18.1. The molecular weight excluding hydrogens is 355 g/mol. The summed E-state index contributed by atoms with van der Waals surface area (Å²) in [6.45, 7) is 5.36. The van der Waals surface area contributed by atoms with Gasteiger partial charge in [0.05, 0.1) is 10.0 Å². The molecule has 1 aliphatic rings. The zero-order valence-corrected chi connectivity index (χ0v) is 15.9. The van der Waals surface area contributed by atoms with E-state index in [0.29, 0.717) is 22.9 Å². The number of carbonyl (C=O) groups is 1. The maximum Gasteiger partial charge on any atom is 0.223 e. The van der Waals surface area contributed by atoms with E-state index < -0.39 is 0 Å². The Morgan fingerprint density at radius 1 is 1.04 bits per heavy atom. The van der Waals surface area contributed by atoms with Gasteiger partial charge in [-0.15, -0.1) is 0 Å². The number of aryl methyl sites for hydroxylation is 2. The van der Waals surface area contributed by atoms with Crippen LogP contribution in [-0.4, -0.2) is 37.0 Å². The van der Waals surface area contributed by atoms with Crippen LogP contribution in [0.25, 0.3) is 0 Å². The van der Waals surface area contributed by atoms with Crippen LogP contribution in [0.4, 0.5) is 5.69 Å². The quantitative estimate of drug-likeness (QED) is 0.779. The molecule has 0 N–H and O–H groups in total. The van der Waals surface area contributed by atoms with Crippen LogP contribution in [0.1, 0.15) is 17.5 Å². The number of carbonyl (C=O) groups excluding carboxylic acids is 1. The van der Waals surface area contributed by atoms with E-state index in [-0.39, 0.29) is 5.91 Å². The molecule has 1 heterocycles. The molecule has 0 bridgehead atoms. The van der Waals surface area contributed by atoms with Gasteiger partial charge in [-0.05, 0) is 42.7 Å². The second-order valence-electron chi connectivity index (χ2n) is 6.42. The summed E-state index contributed by atoms with van der Waals surface area (Å²) in [4.78, 5) is 16.8. The van der Waals surface area contributed by atoms with E-state index in [1.165, 1.54) is 11.3 Å². The molecule has 1 fully saturated rings. The molecule has 3 rings (SSSR count). The molecule has 0 radical (unpaired) electrons. The van der Waals surface area contributed by atoms with E-state index >= 15 is 0 Å². The van der Waals surface area contributed by atoms with Crippen molar-refractivity contribution >= 4 is 34.8 Å². The zero-order valence-electron chi connectivity index (χ0n) is 14.3. The lowest BCUT2D eigenvalue weighted by atomic mass is 10.1. The normalized spacial score (nSPS) is 14.7. The van der Waals surface area contributed by atoms with Crippen molar-refractivity contribution in [2.24, 2.45) is 0 Å². The van der Waals surface area contributed by atoms with Crippen molar-refractivity contribution in [3.8, 4) is 0 Å². The van der Waals surface area contributed by atoms with E-state index in [1.54, 1.807) is 6.07 Å². The van der Waals surface area contributed by atoms with Crippen LogP contribution in [0.5, 0.6) is 0 Å². The van der Waals surface area contributed by atoms with Crippen molar-refractivity contribution in [3.05, 3.63) is 63.6 Å². The van der Waals surface area contributed by atoms with Gasteiger partial charge in [-0.3, -0.25) is 4.79 Å². The van der Waals surface area contributed by atoms with Crippen LogP contribution in [0.2, 0.25) is 10.0 Å². The molecule has 132 valence electrons. The predicted molar refractivity (Wildman–Crippen MR) is 105 cm³/mol.